The maximum atomic E-state index is 5.85. The Bertz CT molecular complexity index is 678. The van der Waals surface area contributed by atoms with Crippen LogP contribution >= 0.6 is 12.2 Å². The van der Waals surface area contributed by atoms with Crippen LogP contribution in [0.4, 0.5) is 11.5 Å². The van der Waals surface area contributed by atoms with Crippen molar-refractivity contribution in [1.29, 1.82) is 0 Å². The van der Waals surface area contributed by atoms with E-state index in [0.29, 0.717) is 10.9 Å². The number of nitrogens with zero attached hydrogens (tertiary/aromatic N) is 1. The third-order valence-electron chi connectivity index (χ3n) is 3.41. The molecule has 0 fully saturated rings. The molecule has 0 saturated heterocycles. The molecule has 110 valence electrons. The van der Waals surface area contributed by atoms with Crippen LogP contribution < -0.4 is 11.1 Å². The third-order valence-corrected chi connectivity index (χ3v) is 3.61. The van der Waals surface area contributed by atoms with Crippen molar-refractivity contribution < 1.29 is 0 Å². The Hall–Kier alpha value is -1.94. The lowest BCUT2D eigenvalue weighted by Gasteiger charge is -2.15. The summed E-state index contributed by atoms with van der Waals surface area (Å²) in [5.74, 6) is 1.20. The molecule has 1 aromatic heterocycles. The van der Waals surface area contributed by atoms with Crippen molar-refractivity contribution in [3.63, 3.8) is 0 Å². The van der Waals surface area contributed by atoms with Gasteiger partial charge in [-0.15, -0.1) is 0 Å². The van der Waals surface area contributed by atoms with Crippen LogP contribution in [0.1, 0.15) is 42.1 Å². The summed E-state index contributed by atoms with van der Waals surface area (Å²) in [6.07, 6.45) is 0. The van der Waals surface area contributed by atoms with Crippen molar-refractivity contribution >= 4 is 28.7 Å². The fourth-order valence-electron chi connectivity index (χ4n) is 2.35. The SMILES string of the molecule is Cc1cc(C)c(C(N)=S)c(Nc2cccc(C(C)C)c2)n1. The first-order chi connectivity index (χ1) is 9.88. The van der Waals surface area contributed by atoms with E-state index in [2.05, 4.69) is 36.3 Å². The quantitative estimate of drug-likeness (QED) is 0.831. The summed E-state index contributed by atoms with van der Waals surface area (Å²) in [6.45, 7) is 8.31. The van der Waals surface area contributed by atoms with Gasteiger partial charge in [0, 0.05) is 11.4 Å². The topological polar surface area (TPSA) is 50.9 Å². The van der Waals surface area contributed by atoms with E-state index in [0.717, 1.165) is 28.3 Å². The first-order valence-electron chi connectivity index (χ1n) is 7.03. The van der Waals surface area contributed by atoms with Crippen LogP contribution in [0.15, 0.2) is 30.3 Å². The molecule has 21 heavy (non-hydrogen) atoms. The number of nitrogens with two attached hydrogens (primary N) is 1. The number of benzene rings is 1. The summed E-state index contributed by atoms with van der Waals surface area (Å²) in [7, 11) is 0. The van der Waals surface area contributed by atoms with Gasteiger partial charge < -0.3 is 11.1 Å². The predicted molar refractivity (Wildman–Crippen MR) is 93.4 cm³/mol. The normalized spacial score (nSPS) is 10.7. The summed E-state index contributed by atoms with van der Waals surface area (Å²) < 4.78 is 0. The Labute approximate surface area is 131 Å². The second-order valence-electron chi connectivity index (χ2n) is 5.57. The van der Waals surface area contributed by atoms with Gasteiger partial charge >= 0.3 is 0 Å². The predicted octanol–water partition coefficient (Wildman–Crippen LogP) is 4.20. The zero-order valence-electron chi connectivity index (χ0n) is 12.9. The van der Waals surface area contributed by atoms with Crippen LogP contribution in [0.2, 0.25) is 0 Å². The van der Waals surface area contributed by atoms with Crippen molar-refractivity contribution in [2.24, 2.45) is 5.73 Å². The molecule has 0 amide bonds. The van der Waals surface area contributed by atoms with Crippen molar-refractivity contribution in [2.45, 2.75) is 33.6 Å². The highest BCUT2D eigenvalue weighted by Crippen LogP contribution is 2.25. The Kier molecular flexibility index (Phi) is 4.58. The lowest BCUT2D eigenvalue weighted by molar-refractivity contribution is 0.867. The van der Waals surface area contributed by atoms with E-state index >= 15 is 0 Å². The molecule has 2 aromatic rings. The number of anilines is 2. The van der Waals surface area contributed by atoms with E-state index in [-0.39, 0.29) is 0 Å². The number of hydrogen-bond acceptors (Lipinski definition) is 3. The molecular formula is C17H21N3S. The Morgan fingerprint density at radius 3 is 2.57 bits per heavy atom. The molecule has 0 aliphatic carbocycles. The number of thiocarbonyl (C=S) groups is 1. The van der Waals surface area contributed by atoms with Gasteiger partial charge in [0.05, 0.1) is 5.56 Å². The molecule has 0 spiro atoms. The molecule has 0 saturated carbocycles. The number of aromatic nitrogens is 1. The number of aryl methyl sites for hydroxylation is 2. The molecule has 2 rings (SSSR count). The molecule has 0 unspecified atom stereocenters. The van der Waals surface area contributed by atoms with E-state index in [1.54, 1.807) is 0 Å². The maximum absolute atomic E-state index is 5.85. The van der Waals surface area contributed by atoms with E-state index < -0.39 is 0 Å². The highest BCUT2D eigenvalue weighted by Gasteiger charge is 2.12. The van der Waals surface area contributed by atoms with Gasteiger partial charge in [0.1, 0.15) is 10.8 Å². The van der Waals surface area contributed by atoms with Crippen molar-refractivity contribution in [3.8, 4) is 0 Å². The van der Waals surface area contributed by atoms with E-state index in [1.165, 1.54) is 5.56 Å². The van der Waals surface area contributed by atoms with E-state index in [1.807, 2.05) is 32.0 Å². The van der Waals surface area contributed by atoms with Crippen molar-refractivity contribution in [1.82, 2.24) is 4.98 Å². The van der Waals surface area contributed by atoms with Crippen LogP contribution in [0, 0.1) is 13.8 Å². The monoisotopic (exact) mass is 299 g/mol. The number of pyridine rings is 1. The molecule has 1 aromatic carbocycles. The summed E-state index contributed by atoms with van der Waals surface area (Å²) >= 11 is 5.16. The van der Waals surface area contributed by atoms with Gasteiger partial charge in [-0.05, 0) is 49.1 Å². The second kappa shape index (κ2) is 6.22. The van der Waals surface area contributed by atoms with Gasteiger partial charge in [0.15, 0.2) is 0 Å². The molecule has 3 N–H and O–H groups in total. The van der Waals surface area contributed by atoms with Gasteiger partial charge in [0.25, 0.3) is 0 Å². The smallest absolute Gasteiger partial charge is 0.141 e. The summed E-state index contributed by atoms with van der Waals surface area (Å²) in [6, 6.07) is 10.3. The Balaban J connectivity index is 2.44. The molecule has 0 radical (unpaired) electrons. The van der Waals surface area contributed by atoms with Gasteiger partial charge in [-0.25, -0.2) is 4.98 Å². The van der Waals surface area contributed by atoms with Gasteiger partial charge in [-0.2, -0.15) is 0 Å². The first kappa shape index (κ1) is 15.4. The lowest BCUT2D eigenvalue weighted by atomic mass is 10.0. The fraction of sp³-hybridized carbons (Fsp3) is 0.294. The highest BCUT2D eigenvalue weighted by atomic mass is 32.1. The number of hydrogen-bond donors (Lipinski definition) is 2. The average Bonchev–Trinajstić information content (AvgIpc) is 2.37. The van der Waals surface area contributed by atoms with Crippen LogP contribution in [-0.4, -0.2) is 9.97 Å². The summed E-state index contributed by atoms with van der Waals surface area (Å²) in [5.41, 5.74) is 10.9. The first-order valence-corrected chi connectivity index (χ1v) is 7.44. The number of rotatable bonds is 4. The fourth-order valence-corrected chi connectivity index (χ4v) is 2.61. The maximum Gasteiger partial charge on any atom is 0.141 e. The average molecular weight is 299 g/mol. The Morgan fingerprint density at radius 1 is 1.24 bits per heavy atom. The van der Waals surface area contributed by atoms with Crippen LogP contribution in [0.25, 0.3) is 0 Å². The van der Waals surface area contributed by atoms with Crippen LogP contribution in [-0.2, 0) is 0 Å². The molecule has 3 nitrogen and oxygen atoms in total. The zero-order chi connectivity index (χ0) is 15.6. The van der Waals surface area contributed by atoms with Crippen molar-refractivity contribution in [2.75, 3.05) is 5.32 Å². The van der Waals surface area contributed by atoms with Gasteiger partial charge in [-0.3, -0.25) is 0 Å². The van der Waals surface area contributed by atoms with E-state index in [9.17, 15) is 0 Å². The van der Waals surface area contributed by atoms with Gasteiger partial charge in [-0.1, -0.05) is 38.2 Å². The largest absolute Gasteiger partial charge is 0.389 e. The van der Waals surface area contributed by atoms with Gasteiger partial charge in [0.2, 0.25) is 0 Å². The summed E-state index contributed by atoms with van der Waals surface area (Å²) in [5, 5.41) is 3.35. The lowest BCUT2D eigenvalue weighted by Crippen LogP contribution is -2.15. The molecule has 0 bridgehead atoms. The number of nitrogens with one attached hydrogen (secondary N) is 1. The minimum Gasteiger partial charge on any atom is -0.389 e. The zero-order valence-corrected chi connectivity index (χ0v) is 13.7. The highest BCUT2D eigenvalue weighted by molar-refractivity contribution is 7.80. The van der Waals surface area contributed by atoms with Crippen LogP contribution in [0.5, 0.6) is 0 Å². The molecule has 0 atom stereocenters. The minimum atomic E-state index is 0.363. The Morgan fingerprint density at radius 2 is 1.95 bits per heavy atom. The van der Waals surface area contributed by atoms with Crippen LogP contribution in [0.3, 0.4) is 0 Å². The summed E-state index contributed by atoms with van der Waals surface area (Å²) in [4.78, 5) is 4.91. The molecule has 4 heteroatoms. The molecular weight excluding hydrogens is 278 g/mol. The van der Waals surface area contributed by atoms with E-state index in [4.69, 9.17) is 18.0 Å². The van der Waals surface area contributed by atoms with Crippen molar-refractivity contribution in [3.05, 3.63) is 52.7 Å². The molecule has 0 aliphatic rings. The molecule has 1 heterocycles. The standard InChI is InChI=1S/C17H21N3S/c1-10(2)13-6-5-7-14(9-13)20-17-15(16(18)21)11(3)8-12(4)19-17/h5-10H,1-4H3,(H2,18,21)(H,19,20). The minimum absolute atomic E-state index is 0.363. The molecule has 0 aliphatic heterocycles. The third kappa shape index (κ3) is 3.58. The second-order valence-corrected chi connectivity index (χ2v) is 6.01.